The summed E-state index contributed by atoms with van der Waals surface area (Å²) < 4.78 is 0. The van der Waals surface area contributed by atoms with Gasteiger partial charge in [0.15, 0.2) is 0 Å². The molecule has 0 N–H and O–H groups in total. The summed E-state index contributed by atoms with van der Waals surface area (Å²) >= 11 is 0. The Morgan fingerprint density at radius 3 is 2.14 bits per heavy atom. The van der Waals surface area contributed by atoms with Crippen LogP contribution >= 0.6 is 0 Å². The van der Waals surface area contributed by atoms with Crippen LogP contribution in [0.4, 0.5) is 0 Å². The van der Waals surface area contributed by atoms with E-state index >= 15 is 0 Å². The van der Waals surface area contributed by atoms with Crippen LogP contribution in [0.1, 0.15) is 19.8 Å². The first-order chi connectivity index (χ1) is 3.27. The van der Waals surface area contributed by atoms with Crippen LogP contribution in [0.5, 0.6) is 0 Å². The number of hydrogen-bond acceptors (Lipinski definition) is 2. The van der Waals surface area contributed by atoms with Crippen molar-refractivity contribution in [1.29, 1.82) is 0 Å². The van der Waals surface area contributed by atoms with Crippen LogP contribution in [0.15, 0.2) is 0 Å². The summed E-state index contributed by atoms with van der Waals surface area (Å²) in [6.07, 6.45) is 2.28. The molecule has 0 saturated heterocycles. The highest BCUT2D eigenvalue weighted by molar-refractivity contribution is 4.89. The summed E-state index contributed by atoms with van der Waals surface area (Å²) in [6.45, 7) is 2.04. The number of rotatable bonds is 2. The maximum absolute atomic E-state index is 4.84. The normalized spacial score (nSPS) is 24.9. The smallest absolute Gasteiger partial charge is 0.101 e. The van der Waals surface area contributed by atoms with Gasteiger partial charge in [-0.3, -0.25) is 0 Å². The predicted octanol–water partition coefficient (Wildman–Crippen LogP) is 1.12. The van der Waals surface area contributed by atoms with E-state index in [1.54, 1.807) is 7.11 Å². The lowest BCUT2D eigenvalue weighted by Crippen LogP contribution is -2.05. The van der Waals surface area contributed by atoms with Crippen molar-refractivity contribution in [3.8, 4) is 0 Å². The first-order valence-electron chi connectivity index (χ1n) is 2.49. The average Bonchev–Trinajstić information content (AvgIpc) is 2.22. The second-order valence-electron chi connectivity index (χ2n) is 2.20. The molecule has 42 valence electrons. The minimum absolute atomic E-state index is 0.0781. The molecule has 2 nitrogen and oxygen atoms in total. The zero-order valence-electron chi connectivity index (χ0n) is 4.73. The van der Waals surface area contributed by atoms with Gasteiger partial charge < -0.3 is 0 Å². The fraction of sp³-hybridized carbons (Fsp3) is 1.00. The van der Waals surface area contributed by atoms with E-state index in [4.69, 9.17) is 4.89 Å². The molecule has 0 aromatic heterocycles. The monoisotopic (exact) mass is 102 g/mol. The molecule has 1 rings (SSSR count). The Hall–Kier alpha value is -0.0800. The Morgan fingerprint density at radius 1 is 1.43 bits per heavy atom. The molecule has 1 aliphatic carbocycles. The van der Waals surface area contributed by atoms with Crippen molar-refractivity contribution in [3.63, 3.8) is 0 Å². The van der Waals surface area contributed by atoms with Gasteiger partial charge in [0.1, 0.15) is 5.60 Å². The fourth-order valence-electron chi connectivity index (χ4n) is 0.461. The van der Waals surface area contributed by atoms with Gasteiger partial charge in [-0.1, -0.05) is 0 Å². The van der Waals surface area contributed by atoms with Gasteiger partial charge in [-0.25, -0.2) is 9.78 Å². The largest absolute Gasteiger partial charge is 0.240 e. The van der Waals surface area contributed by atoms with Gasteiger partial charge in [0, 0.05) is 0 Å². The zero-order valence-corrected chi connectivity index (χ0v) is 4.73. The van der Waals surface area contributed by atoms with Crippen LogP contribution < -0.4 is 0 Å². The summed E-state index contributed by atoms with van der Waals surface area (Å²) in [6, 6.07) is 0. The molecular weight excluding hydrogens is 92.1 g/mol. The zero-order chi connectivity index (χ0) is 5.33. The Labute approximate surface area is 43.3 Å². The van der Waals surface area contributed by atoms with Crippen LogP contribution in [-0.2, 0) is 9.78 Å². The fourth-order valence-corrected chi connectivity index (χ4v) is 0.461. The third kappa shape index (κ3) is 1.14. The molecule has 0 aliphatic heterocycles. The maximum Gasteiger partial charge on any atom is 0.101 e. The van der Waals surface area contributed by atoms with Crippen molar-refractivity contribution in [2.24, 2.45) is 0 Å². The molecule has 1 aliphatic rings. The Balaban J connectivity index is 2.13. The van der Waals surface area contributed by atoms with Gasteiger partial charge in [-0.15, -0.1) is 0 Å². The van der Waals surface area contributed by atoms with E-state index in [2.05, 4.69) is 4.89 Å². The Bertz CT molecular complexity index is 66.5. The van der Waals surface area contributed by atoms with Gasteiger partial charge in [-0.2, -0.15) is 0 Å². The Kier molecular flexibility index (Phi) is 1.05. The van der Waals surface area contributed by atoms with Crippen molar-refractivity contribution >= 4 is 0 Å². The summed E-state index contributed by atoms with van der Waals surface area (Å²) in [5, 5.41) is 0. The summed E-state index contributed by atoms with van der Waals surface area (Å²) in [7, 11) is 1.55. The molecular formula is C5H10O2. The van der Waals surface area contributed by atoms with Crippen molar-refractivity contribution in [3.05, 3.63) is 0 Å². The van der Waals surface area contributed by atoms with Gasteiger partial charge in [-0.05, 0) is 19.8 Å². The van der Waals surface area contributed by atoms with Crippen molar-refractivity contribution in [2.45, 2.75) is 25.4 Å². The lowest BCUT2D eigenvalue weighted by Gasteiger charge is -2.03. The molecule has 1 fully saturated rings. The molecule has 0 radical (unpaired) electrons. The highest BCUT2D eigenvalue weighted by Crippen LogP contribution is 2.38. The van der Waals surface area contributed by atoms with E-state index in [0.29, 0.717) is 0 Å². The second-order valence-corrected chi connectivity index (χ2v) is 2.20. The van der Waals surface area contributed by atoms with E-state index < -0.39 is 0 Å². The SMILES string of the molecule is COOC1(C)CC1. The second kappa shape index (κ2) is 1.46. The van der Waals surface area contributed by atoms with Crippen LogP contribution in [-0.4, -0.2) is 12.7 Å². The van der Waals surface area contributed by atoms with Crippen molar-refractivity contribution in [1.82, 2.24) is 0 Å². The molecule has 7 heavy (non-hydrogen) atoms. The predicted molar refractivity (Wildman–Crippen MR) is 25.7 cm³/mol. The van der Waals surface area contributed by atoms with E-state index in [-0.39, 0.29) is 5.60 Å². The molecule has 0 bridgehead atoms. The molecule has 2 heteroatoms. The van der Waals surface area contributed by atoms with Crippen LogP contribution in [0.3, 0.4) is 0 Å². The highest BCUT2D eigenvalue weighted by atomic mass is 17.2. The lowest BCUT2D eigenvalue weighted by atomic mass is 10.4. The first-order valence-corrected chi connectivity index (χ1v) is 2.49. The number of hydrogen-bond donors (Lipinski definition) is 0. The van der Waals surface area contributed by atoms with E-state index in [9.17, 15) is 0 Å². The van der Waals surface area contributed by atoms with Crippen LogP contribution in [0.25, 0.3) is 0 Å². The van der Waals surface area contributed by atoms with E-state index in [0.717, 1.165) is 12.8 Å². The van der Waals surface area contributed by atoms with E-state index in [1.807, 2.05) is 6.92 Å². The maximum atomic E-state index is 4.84. The lowest BCUT2D eigenvalue weighted by molar-refractivity contribution is -0.311. The minimum Gasteiger partial charge on any atom is -0.240 e. The van der Waals surface area contributed by atoms with Gasteiger partial charge in [0.25, 0.3) is 0 Å². The highest BCUT2D eigenvalue weighted by Gasteiger charge is 2.39. The molecule has 0 aromatic rings. The molecule has 0 unspecified atom stereocenters. The molecule has 1 saturated carbocycles. The minimum atomic E-state index is 0.0781. The van der Waals surface area contributed by atoms with Gasteiger partial charge in [0.2, 0.25) is 0 Å². The molecule has 0 amide bonds. The molecule has 0 aromatic carbocycles. The van der Waals surface area contributed by atoms with Crippen LogP contribution in [0, 0.1) is 0 Å². The third-order valence-corrected chi connectivity index (χ3v) is 1.24. The summed E-state index contributed by atoms with van der Waals surface area (Å²) in [5.41, 5.74) is 0.0781. The molecule has 0 atom stereocenters. The van der Waals surface area contributed by atoms with Crippen LogP contribution in [0.2, 0.25) is 0 Å². The first kappa shape index (κ1) is 5.06. The van der Waals surface area contributed by atoms with Crippen molar-refractivity contribution in [2.75, 3.05) is 7.11 Å². The van der Waals surface area contributed by atoms with Gasteiger partial charge >= 0.3 is 0 Å². The molecule has 0 heterocycles. The molecule has 0 spiro atoms. The average molecular weight is 102 g/mol. The topological polar surface area (TPSA) is 18.5 Å². The van der Waals surface area contributed by atoms with E-state index in [1.165, 1.54) is 0 Å². The summed E-state index contributed by atoms with van der Waals surface area (Å²) in [5.74, 6) is 0. The summed E-state index contributed by atoms with van der Waals surface area (Å²) in [4.78, 5) is 9.31. The van der Waals surface area contributed by atoms with Gasteiger partial charge in [0.05, 0.1) is 7.11 Å². The van der Waals surface area contributed by atoms with Crippen molar-refractivity contribution < 1.29 is 9.78 Å². The quantitative estimate of drug-likeness (QED) is 0.384. The Morgan fingerprint density at radius 2 is 2.00 bits per heavy atom. The third-order valence-electron chi connectivity index (χ3n) is 1.24. The standard InChI is InChI=1S/C5H10O2/c1-5(3-4-5)7-6-2/h3-4H2,1-2H3.